The SMILES string of the molecule is OC(CNc1cc(Cl)ccc1Br)c1ccccc1F. The van der Waals surface area contributed by atoms with Gasteiger partial charge in [-0.05, 0) is 40.2 Å². The average molecular weight is 345 g/mol. The van der Waals surface area contributed by atoms with Gasteiger partial charge in [0, 0.05) is 21.6 Å². The minimum atomic E-state index is -0.924. The van der Waals surface area contributed by atoms with Gasteiger partial charge in [-0.3, -0.25) is 0 Å². The third-order valence-corrected chi connectivity index (χ3v) is 3.61. The lowest BCUT2D eigenvalue weighted by molar-refractivity contribution is 0.186. The fourth-order valence-corrected chi connectivity index (χ4v) is 2.25. The fraction of sp³-hybridized carbons (Fsp3) is 0.143. The highest BCUT2D eigenvalue weighted by atomic mass is 79.9. The van der Waals surface area contributed by atoms with Crippen molar-refractivity contribution in [3.8, 4) is 0 Å². The van der Waals surface area contributed by atoms with Gasteiger partial charge in [0.25, 0.3) is 0 Å². The summed E-state index contributed by atoms with van der Waals surface area (Å²) in [4.78, 5) is 0. The number of anilines is 1. The topological polar surface area (TPSA) is 32.3 Å². The maximum atomic E-state index is 13.5. The van der Waals surface area contributed by atoms with Gasteiger partial charge in [0.05, 0.1) is 11.8 Å². The summed E-state index contributed by atoms with van der Waals surface area (Å²) in [5, 5.41) is 13.6. The van der Waals surface area contributed by atoms with Crippen molar-refractivity contribution < 1.29 is 9.50 Å². The summed E-state index contributed by atoms with van der Waals surface area (Å²) in [5.74, 6) is -0.415. The number of benzene rings is 2. The van der Waals surface area contributed by atoms with Crippen LogP contribution in [0.1, 0.15) is 11.7 Å². The molecule has 2 aromatic rings. The predicted octanol–water partition coefficient (Wildman–Crippen LogP) is 4.39. The number of aliphatic hydroxyl groups excluding tert-OH is 1. The fourth-order valence-electron chi connectivity index (χ4n) is 1.69. The highest BCUT2D eigenvalue weighted by molar-refractivity contribution is 9.10. The van der Waals surface area contributed by atoms with Gasteiger partial charge in [-0.1, -0.05) is 29.8 Å². The minimum Gasteiger partial charge on any atom is -0.386 e. The lowest BCUT2D eigenvalue weighted by Crippen LogP contribution is -2.13. The summed E-state index contributed by atoms with van der Waals surface area (Å²) in [6.07, 6.45) is -0.924. The van der Waals surface area contributed by atoms with Crippen LogP contribution >= 0.6 is 27.5 Å². The van der Waals surface area contributed by atoms with Crippen molar-refractivity contribution in [1.29, 1.82) is 0 Å². The van der Waals surface area contributed by atoms with Crippen LogP contribution < -0.4 is 5.32 Å². The zero-order chi connectivity index (χ0) is 13.8. The van der Waals surface area contributed by atoms with Crippen LogP contribution in [-0.2, 0) is 0 Å². The van der Waals surface area contributed by atoms with Gasteiger partial charge in [0.15, 0.2) is 0 Å². The number of aliphatic hydroxyl groups is 1. The van der Waals surface area contributed by atoms with E-state index < -0.39 is 11.9 Å². The Balaban J connectivity index is 2.06. The molecule has 0 spiro atoms. The monoisotopic (exact) mass is 343 g/mol. The minimum absolute atomic E-state index is 0.194. The predicted molar refractivity (Wildman–Crippen MR) is 79.0 cm³/mol. The van der Waals surface area contributed by atoms with Gasteiger partial charge in [-0.25, -0.2) is 4.39 Å². The number of rotatable bonds is 4. The first-order valence-corrected chi connectivity index (χ1v) is 6.86. The second-order valence-electron chi connectivity index (χ2n) is 4.04. The lowest BCUT2D eigenvalue weighted by atomic mass is 10.1. The Bertz CT molecular complexity index is 579. The first-order chi connectivity index (χ1) is 9.08. The zero-order valence-electron chi connectivity index (χ0n) is 9.91. The van der Waals surface area contributed by atoms with E-state index in [0.717, 1.165) is 10.2 Å². The third-order valence-electron chi connectivity index (χ3n) is 2.68. The molecule has 0 radical (unpaired) electrons. The van der Waals surface area contributed by atoms with Crippen LogP contribution in [0.25, 0.3) is 0 Å². The van der Waals surface area contributed by atoms with Crippen LogP contribution in [0.15, 0.2) is 46.9 Å². The maximum Gasteiger partial charge on any atom is 0.129 e. The highest BCUT2D eigenvalue weighted by Gasteiger charge is 2.12. The molecule has 2 aromatic carbocycles. The second kappa shape index (κ2) is 6.37. The van der Waals surface area contributed by atoms with Crippen molar-refractivity contribution in [2.75, 3.05) is 11.9 Å². The number of hydrogen-bond donors (Lipinski definition) is 2. The van der Waals surface area contributed by atoms with Crippen LogP contribution in [0.4, 0.5) is 10.1 Å². The summed E-state index contributed by atoms with van der Waals surface area (Å²) in [6.45, 7) is 0.194. The van der Waals surface area contributed by atoms with Crippen LogP contribution in [-0.4, -0.2) is 11.7 Å². The summed E-state index contributed by atoms with van der Waals surface area (Å²) in [6, 6.07) is 11.5. The molecule has 2 N–H and O–H groups in total. The van der Waals surface area contributed by atoms with E-state index in [1.165, 1.54) is 6.07 Å². The molecule has 1 unspecified atom stereocenters. The Labute approximate surface area is 124 Å². The zero-order valence-corrected chi connectivity index (χ0v) is 12.2. The van der Waals surface area contributed by atoms with Crippen molar-refractivity contribution in [3.05, 3.63) is 63.3 Å². The van der Waals surface area contributed by atoms with E-state index in [0.29, 0.717) is 5.02 Å². The molecule has 5 heteroatoms. The van der Waals surface area contributed by atoms with E-state index in [4.69, 9.17) is 11.6 Å². The van der Waals surface area contributed by atoms with E-state index >= 15 is 0 Å². The Hall–Kier alpha value is -1.10. The molecule has 0 aliphatic carbocycles. The summed E-state index contributed by atoms with van der Waals surface area (Å²) < 4.78 is 14.3. The van der Waals surface area contributed by atoms with Crippen molar-refractivity contribution in [2.45, 2.75) is 6.10 Å². The van der Waals surface area contributed by atoms with Gasteiger partial charge in [-0.15, -0.1) is 0 Å². The van der Waals surface area contributed by atoms with E-state index in [-0.39, 0.29) is 12.1 Å². The van der Waals surface area contributed by atoms with Crippen molar-refractivity contribution in [1.82, 2.24) is 0 Å². The molecule has 0 aromatic heterocycles. The molecule has 0 saturated heterocycles. The van der Waals surface area contributed by atoms with Gasteiger partial charge in [-0.2, -0.15) is 0 Å². The quantitative estimate of drug-likeness (QED) is 0.862. The summed E-state index contributed by atoms with van der Waals surface area (Å²) >= 11 is 9.27. The van der Waals surface area contributed by atoms with Crippen LogP contribution in [0.3, 0.4) is 0 Å². The standard InChI is InChI=1S/C14H12BrClFNO/c15-11-6-5-9(16)7-13(11)18-8-14(19)10-3-1-2-4-12(10)17/h1-7,14,18-19H,8H2. The second-order valence-corrected chi connectivity index (χ2v) is 5.33. The molecule has 1 atom stereocenters. The largest absolute Gasteiger partial charge is 0.386 e. The molecule has 0 aliphatic heterocycles. The van der Waals surface area contributed by atoms with E-state index in [1.54, 1.807) is 36.4 Å². The van der Waals surface area contributed by atoms with Crippen molar-refractivity contribution in [2.24, 2.45) is 0 Å². The normalized spacial score (nSPS) is 12.2. The highest BCUT2D eigenvalue weighted by Crippen LogP contribution is 2.27. The average Bonchev–Trinajstić information content (AvgIpc) is 2.40. The van der Waals surface area contributed by atoms with Crippen molar-refractivity contribution >= 4 is 33.2 Å². The number of nitrogens with one attached hydrogen (secondary N) is 1. The molecule has 19 heavy (non-hydrogen) atoms. The smallest absolute Gasteiger partial charge is 0.129 e. The Kier molecular flexibility index (Phi) is 4.80. The van der Waals surface area contributed by atoms with Crippen LogP contribution in [0.5, 0.6) is 0 Å². The molecule has 100 valence electrons. The van der Waals surface area contributed by atoms with Crippen LogP contribution in [0, 0.1) is 5.82 Å². The molecule has 0 saturated carbocycles. The Morgan fingerprint density at radius 1 is 1.26 bits per heavy atom. The molecule has 0 amide bonds. The van der Waals surface area contributed by atoms with Gasteiger partial charge < -0.3 is 10.4 Å². The lowest BCUT2D eigenvalue weighted by Gasteiger charge is -2.15. The van der Waals surface area contributed by atoms with Gasteiger partial charge >= 0.3 is 0 Å². The van der Waals surface area contributed by atoms with Gasteiger partial charge in [0.2, 0.25) is 0 Å². The molecular weight excluding hydrogens is 333 g/mol. The number of hydrogen-bond acceptors (Lipinski definition) is 2. The summed E-state index contributed by atoms with van der Waals surface area (Å²) in [5.41, 5.74) is 1.02. The molecule has 2 nitrogen and oxygen atoms in total. The van der Waals surface area contributed by atoms with E-state index in [1.807, 2.05) is 0 Å². The van der Waals surface area contributed by atoms with Gasteiger partial charge in [0.1, 0.15) is 5.82 Å². The summed E-state index contributed by atoms with van der Waals surface area (Å²) in [7, 11) is 0. The molecule has 2 rings (SSSR count). The maximum absolute atomic E-state index is 13.5. The molecule has 0 bridgehead atoms. The molecule has 0 heterocycles. The van der Waals surface area contributed by atoms with E-state index in [2.05, 4.69) is 21.2 Å². The molecule has 0 fully saturated rings. The van der Waals surface area contributed by atoms with Crippen molar-refractivity contribution in [3.63, 3.8) is 0 Å². The van der Waals surface area contributed by atoms with Crippen LogP contribution in [0.2, 0.25) is 5.02 Å². The third kappa shape index (κ3) is 3.69. The Morgan fingerprint density at radius 3 is 2.74 bits per heavy atom. The first kappa shape index (κ1) is 14.3. The van der Waals surface area contributed by atoms with E-state index in [9.17, 15) is 9.50 Å². The Morgan fingerprint density at radius 2 is 2.00 bits per heavy atom. The molecular formula is C14H12BrClFNO. The molecule has 0 aliphatic rings. The number of halogens is 3. The first-order valence-electron chi connectivity index (χ1n) is 5.69.